The van der Waals surface area contributed by atoms with Gasteiger partial charge in [-0.2, -0.15) is 0 Å². The molecule has 4 heteroatoms. The minimum Gasteiger partial charge on any atom is -0.309 e. The Balaban J connectivity index is 0.733. The van der Waals surface area contributed by atoms with E-state index in [9.17, 15) is 0 Å². The second-order valence-electron chi connectivity index (χ2n) is 26.5. The molecule has 0 radical (unpaired) electrons. The van der Waals surface area contributed by atoms with Crippen LogP contribution < -0.4 is 0 Å². The molecular weight excluding hydrogens is 1130 g/mol. The van der Waals surface area contributed by atoms with Crippen molar-refractivity contribution >= 4 is 108 Å². The van der Waals surface area contributed by atoms with Gasteiger partial charge in [0.25, 0.3) is 0 Å². The summed E-state index contributed by atoms with van der Waals surface area (Å²) in [6.45, 7) is 9.54. The van der Waals surface area contributed by atoms with Crippen molar-refractivity contribution in [3.05, 3.63) is 295 Å². The highest BCUT2D eigenvalue weighted by Gasteiger charge is 2.38. The normalized spacial score (nSPS) is 16.5. The fourth-order valence-electron chi connectivity index (χ4n) is 17.0. The predicted octanol–water partition coefficient (Wildman–Crippen LogP) is 23.9. The van der Waals surface area contributed by atoms with E-state index in [0.717, 1.165) is 0 Å². The lowest BCUT2D eigenvalue weighted by Crippen LogP contribution is -2.15. The Hall–Kier alpha value is -9.97. The van der Waals surface area contributed by atoms with Crippen molar-refractivity contribution in [2.24, 2.45) is 0 Å². The van der Waals surface area contributed by atoms with E-state index in [1.165, 1.54) is 185 Å². The van der Waals surface area contributed by atoms with Crippen LogP contribution in [0.2, 0.25) is 0 Å². The first kappa shape index (κ1) is 51.0. The van der Waals surface area contributed by atoms with Crippen LogP contribution in [0.4, 0.5) is 0 Å². The average Bonchev–Trinajstić information content (AvgIpc) is 1.60. The van der Waals surface area contributed by atoms with Crippen molar-refractivity contribution in [2.75, 3.05) is 0 Å². The molecule has 0 spiro atoms. The Labute approximate surface area is 530 Å². The van der Waals surface area contributed by atoms with Gasteiger partial charge < -0.3 is 9.13 Å². The number of fused-ring (bicyclic) bond motifs is 22. The third kappa shape index (κ3) is 6.85. The summed E-state index contributed by atoms with van der Waals surface area (Å²) in [5.74, 6) is 0.367. The van der Waals surface area contributed by atoms with Crippen molar-refractivity contribution in [3.8, 4) is 67.0 Å². The van der Waals surface area contributed by atoms with Crippen LogP contribution in [-0.4, -0.2) is 14.4 Å². The Morgan fingerprint density at radius 1 is 0.333 bits per heavy atom. The zero-order valence-electron chi connectivity index (χ0n) is 50.3. The number of hydrogen-bond acceptors (Lipinski definition) is 2. The lowest BCUT2D eigenvalue weighted by Gasteiger charge is -2.22. The molecule has 0 saturated carbocycles. The minimum absolute atomic E-state index is 0.107. The summed E-state index contributed by atoms with van der Waals surface area (Å²) in [5, 5.41) is 13.2. The van der Waals surface area contributed by atoms with E-state index in [1.54, 1.807) is 0 Å². The molecule has 16 aromatic rings. The van der Waals surface area contributed by atoms with Crippen LogP contribution in [0.3, 0.4) is 0 Å². The molecule has 20 rings (SSSR count). The van der Waals surface area contributed by atoms with Crippen molar-refractivity contribution in [1.82, 2.24) is 9.13 Å². The summed E-state index contributed by atoms with van der Waals surface area (Å²) in [5.41, 5.74) is 26.9. The molecule has 4 aliphatic rings. The minimum atomic E-state index is -0.112. The summed E-state index contributed by atoms with van der Waals surface area (Å²) < 4.78 is 7.74. The second kappa shape index (κ2) is 18.3. The smallest absolute Gasteiger partial charge is 0.0555 e. The van der Waals surface area contributed by atoms with Gasteiger partial charge in [0.1, 0.15) is 0 Å². The molecule has 0 saturated heterocycles. The molecule has 2 nitrogen and oxygen atoms in total. The number of rotatable bonds is 5. The Morgan fingerprint density at radius 2 is 0.789 bits per heavy atom. The first-order valence-corrected chi connectivity index (χ1v) is 33.4. The van der Waals surface area contributed by atoms with Gasteiger partial charge in [0.2, 0.25) is 0 Å². The third-order valence-electron chi connectivity index (χ3n) is 21.3. The number of hydrogen-bond donors (Lipinski definition) is 0. The molecule has 90 heavy (non-hydrogen) atoms. The maximum absolute atomic E-state index is 2.55. The van der Waals surface area contributed by atoms with Crippen molar-refractivity contribution in [2.45, 2.75) is 54.6 Å². The first-order chi connectivity index (χ1) is 44.2. The number of allylic oxidation sites excluding steroid dienone is 3. The average molecular weight is 1180 g/mol. The molecule has 4 heterocycles. The van der Waals surface area contributed by atoms with Gasteiger partial charge in [-0.05, 0) is 172 Å². The summed E-state index contributed by atoms with van der Waals surface area (Å²) in [6.07, 6.45) is 9.27. The summed E-state index contributed by atoms with van der Waals surface area (Å²) in [7, 11) is 0. The zero-order chi connectivity index (χ0) is 59.5. The summed E-state index contributed by atoms with van der Waals surface area (Å²) in [6, 6.07) is 93.1. The van der Waals surface area contributed by atoms with Gasteiger partial charge >= 0.3 is 0 Å². The largest absolute Gasteiger partial charge is 0.309 e. The highest BCUT2D eigenvalue weighted by atomic mass is 32.2. The molecule has 3 aromatic heterocycles. The predicted molar refractivity (Wildman–Crippen MR) is 385 cm³/mol. The highest BCUT2D eigenvalue weighted by Crippen LogP contribution is 2.56. The van der Waals surface area contributed by atoms with Crippen LogP contribution in [0.25, 0.3) is 152 Å². The van der Waals surface area contributed by atoms with E-state index < -0.39 is 0 Å². The topological polar surface area (TPSA) is 9.86 Å². The number of aromatic nitrogens is 2. The number of nitrogens with zero attached hydrogens (tertiary/aromatic N) is 2. The maximum atomic E-state index is 2.55. The lowest BCUT2D eigenvalue weighted by molar-refractivity contribution is 0.660. The van der Waals surface area contributed by atoms with Gasteiger partial charge in [-0.3, -0.25) is 0 Å². The third-order valence-corrected chi connectivity index (χ3v) is 23.9. The molecule has 2 unspecified atom stereocenters. The SMILES string of the molecule is CC1(C)c2ccccc2-c2ccc(-n3c4ccc(-c5ccc(-c6ccc(-c7ccc8c(c7)c7c9sc%10ccccc%10c9ccc7n8-c7ccc8c(c7)C(C)(C)c7ccccc7-8)c7ccccc67)c6ccccc56)cc4c4c5c(ccc43)C3C=CC=CC3S5)cc21. The first-order valence-electron chi connectivity index (χ1n) is 31.7. The Bertz CT molecular complexity index is 5970. The molecule has 0 bridgehead atoms. The van der Waals surface area contributed by atoms with Gasteiger partial charge in [0, 0.05) is 80.0 Å². The van der Waals surface area contributed by atoms with Crippen molar-refractivity contribution < 1.29 is 0 Å². The molecule has 424 valence electrons. The van der Waals surface area contributed by atoms with Crippen molar-refractivity contribution in [1.29, 1.82) is 0 Å². The summed E-state index contributed by atoms with van der Waals surface area (Å²) >= 11 is 3.96. The second-order valence-corrected chi connectivity index (χ2v) is 28.8. The van der Waals surface area contributed by atoms with Crippen LogP contribution in [0.15, 0.2) is 272 Å². The molecule has 3 aliphatic carbocycles. The fraction of sp³-hybridized carbons (Fsp3) is 0.0930. The maximum Gasteiger partial charge on any atom is 0.0555 e. The molecule has 0 fully saturated rings. The molecule has 13 aromatic carbocycles. The molecule has 2 atom stereocenters. The fourth-order valence-corrected chi connectivity index (χ4v) is 19.8. The molecular formula is C86H58N2S2. The van der Waals surface area contributed by atoms with E-state index in [-0.39, 0.29) is 10.8 Å². The van der Waals surface area contributed by atoms with E-state index in [2.05, 4.69) is 304 Å². The summed E-state index contributed by atoms with van der Waals surface area (Å²) in [4.78, 5) is 1.41. The lowest BCUT2D eigenvalue weighted by atomic mass is 9.82. The molecule has 0 N–H and O–H groups in total. The van der Waals surface area contributed by atoms with Gasteiger partial charge in [-0.25, -0.2) is 0 Å². The van der Waals surface area contributed by atoms with Crippen molar-refractivity contribution in [3.63, 3.8) is 0 Å². The monoisotopic (exact) mass is 1180 g/mol. The van der Waals surface area contributed by atoms with Crippen LogP contribution in [0, 0.1) is 0 Å². The van der Waals surface area contributed by atoms with E-state index in [0.29, 0.717) is 11.2 Å². The quantitative estimate of drug-likeness (QED) is 0.167. The standard InChI is InChI=1S/C86H58N2S2/c1-85(2)71-25-13-9-21-61(71)63-33-31-51(47-73(63)85)87-75-41-29-49(45-69(75)81-77(87)43-39-67-65-23-11-15-27-79(65)89-83(67)81)53-35-37-59(57-19-7-5-17-55(53)57)60-38-36-54(56-18-6-8-20-58(56)60)50-30-42-76-70(46-50)82-78(44-40-68-66-24-12-16-28-80(66)90-84(68)82)88(76)52-32-34-64-62-22-10-14-26-72(62)86(3,4)74(64)48-52/h5-48,65,79H,1-4H3. The number of thiophene rings is 1. The number of thioether (sulfide) groups is 1. The Kier molecular flexibility index (Phi) is 10.4. The van der Waals surface area contributed by atoms with E-state index in [4.69, 9.17) is 0 Å². The van der Waals surface area contributed by atoms with Gasteiger partial charge in [-0.15, -0.1) is 23.1 Å². The Morgan fingerprint density at radius 3 is 1.39 bits per heavy atom. The van der Waals surface area contributed by atoms with Gasteiger partial charge in [0.15, 0.2) is 0 Å². The molecule has 1 aliphatic heterocycles. The highest BCUT2D eigenvalue weighted by molar-refractivity contribution is 8.00. The van der Waals surface area contributed by atoms with E-state index in [1.807, 2.05) is 23.1 Å². The zero-order valence-corrected chi connectivity index (χ0v) is 51.9. The van der Waals surface area contributed by atoms with Gasteiger partial charge in [-0.1, -0.05) is 228 Å². The van der Waals surface area contributed by atoms with Crippen LogP contribution in [-0.2, 0) is 10.8 Å². The van der Waals surface area contributed by atoms with E-state index >= 15 is 0 Å². The van der Waals surface area contributed by atoms with Crippen LogP contribution in [0.1, 0.15) is 61.4 Å². The van der Waals surface area contributed by atoms with Gasteiger partial charge in [0.05, 0.1) is 22.1 Å². The van der Waals surface area contributed by atoms with Crippen LogP contribution >= 0.6 is 23.1 Å². The molecule has 0 amide bonds. The number of benzene rings is 13. The van der Waals surface area contributed by atoms with Crippen LogP contribution in [0.5, 0.6) is 0 Å².